The van der Waals surface area contributed by atoms with Crippen LogP contribution in [-0.4, -0.2) is 57.3 Å². The molecule has 198 valence electrons. The van der Waals surface area contributed by atoms with Gasteiger partial charge in [0.15, 0.2) is 11.5 Å². The zero-order valence-electron chi connectivity index (χ0n) is 20.5. The molecule has 0 amide bonds. The molecule has 10 nitrogen and oxygen atoms in total. The fourth-order valence-electron chi connectivity index (χ4n) is 4.43. The molecule has 0 aliphatic carbocycles. The fraction of sp³-hybridized carbons (Fsp3) is 0.370. The molecule has 3 heterocycles. The van der Waals surface area contributed by atoms with Gasteiger partial charge in [-0.15, -0.1) is 5.10 Å². The lowest BCUT2D eigenvalue weighted by Crippen LogP contribution is -2.37. The van der Waals surface area contributed by atoms with E-state index in [4.69, 9.17) is 13.9 Å². The van der Waals surface area contributed by atoms with Gasteiger partial charge >= 0.3 is 5.97 Å². The molecule has 1 aliphatic rings. The van der Waals surface area contributed by atoms with E-state index in [2.05, 4.69) is 10.3 Å². The normalized spacial score (nSPS) is 15.9. The van der Waals surface area contributed by atoms with Crippen molar-refractivity contribution in [2.24, 2.45) is 5.92 Å². The lowest BCUT2D eigenvalue weighted by Gasteiger charge is -2.29. The SMILES string of the molecule is O=C(CC(CCn1nnc2ccccc2c1=O)C(=O)O)c1cc2cc(OCC3(F)CCOCC3)ccc2o1. The number of carboxylic acids is 1. The molecule has 0 radical (unpaired) electrons. The van der Waals surface area contributed by atoms with Crippen LogP contribution in [-0.2, 0) is 16.1 Å². The largest absolute Gasteiger partial charge is 0.490 e. The van der Waals surface area contributed by atoms with E-state index in [0.29, 0.717) is 40.8 Å². The van der Waals surface area contributed by atoms with E-state index < -0.39 is 23.3 Å². The molecule has 1 N–H and O–H groups in total. The number of carboxylic acid groups (broad SMARTS) is 1. The van der Waals surface area contributed by atoms with Crippen molar-refractivity contribution >= 4 is 33.6 Å². The highest BCUT2D eigenvalue weighted by molar-refractivity contribution is 5.99. The number of furan rings is 1. The van der Waals surface area contributed by atoms with Crippen molar-refractivity contribution in [3.63, 3.8) is 0 Å². The van der Waals surface area contributed by atoms with Crippen LogP contribution in [0.1, 0.15) is 36.2 Å². The minimum absolute atomic E-state index is 0.00222. The Kier molecular flexibility index (Phi) is 7.19. The predicted molar refractivity (Wildman–Crippen MR) is 134 cm³/mol. The molecule has 5 rings (SSSR count). The molecule has 4 aromatic rings. The summed E-state index contributed by atoms with van der Waals surface area (Å²) in [6.45, 7) is 0.603. The third kappa shape index (κ3) is 5.57. The molecule has 38 heavy (non-hydrogen) atoms. The Labute approximate surface area is 215 Å². The Morgan fingerprint density at radius 1 is 1.16 bits per heavy atom. The van der Waals surface area contributed by atoms with E-state index in [0.717, 1.165) is 4.68 Å². The molecule has 1 saturated heterocycles. The number of fused-ring (bicyclic) bond motifs is 2. The molecule has 0 spiro atoms. The van der Waals surface area contributed by atoms with Gasteiger partial charge in [-0.1, -0.05) is 17.3 Å². The number of aryl methyl sites for hydroxylation is 1. The van der Waals surface area contributed by atoms with Crippen LogP contribution in [0.25, 0.3) is 21.9 Å². The van der Waals surface area contributed by atoms with Gasteiger partial charge in [0, 0.05) is 44.4 Å². The summed E-state index contributed by atoms with van der Waals surface area (Å²) in [6.07, 6.45) is 0.224. The van der Waals surface area contributed by atoms with E-state index in [1.165, 1.54) is 6.07 Å². The molecule has 1 unspecified atom stereocenters. The van der Waals surface area contributed by atoms with Gasteiger partial charge in [0.25, 0.3) is 5.56 Å². The molecule has 11 heteroatoms. The van der Waals surface area contributed by atoms with Crippen LogP contribution in [0.3, 0.4) is 0 Å². The summed E-state index contributed by atoms with van der Waals surface area (Å²) in [5.74, 6) is -2.27. The summed E-state index contributed by atoms with van der Waals surface area (Å²) in [7, 11) is 0. The Balaban J connectivity index is 1.24. The average molecular weight is 524 g/mol. The molecular weight excluding hydrogens is 497 g/mol. The third-order valence-electron chi connectivity index (χ3n) is 6.75. The number of rotatable bonds is 10. The van der Waals surface area contributed by atoms with E-state index in [1.54, 1.807) is 42.5 Å². The number of carbonyl (C=O) groups is 2. The van der Waals surface area contributed by atoms with E-state index >= 15 is 0 Å². The highest BCUT2D eigenvalue weighted by Crippen LogP contribution is 2.29. The predicted octanol–water partition coefficient (Wildman–Crippen LogP) is 3.80. The van der Waals surface area contributed by atoms with Crippen LogP contribution in [0.4, 0.5) is 4.39 Å². The lowest BCUT2D eigenvalue weighted by atomic mass is 9.97. The van der Waals surface area contributed by atoms with Gasteiger partial charge in [-0.3, -0.25) is 14.4 Å². The molecule has 2 aromatic heterocycles. The number of ketones is 1. The number of hydrogen-bond acceptors (Lipinski definition) is 8. The molecule has 1 aliphatic heterocycles. The smallest absolute Gasteiger partial charge is 0.307 e. The minimum atomic E-state index is -1.44. The molecule has 1 atom stereocenters. The van der Waals surface area contributed by atoms with Crippen molar-refractivity contribution in [3.05, 3.63) is 64.6 Å². The Morgan fingerprint density at radius 2 is 1.95 bits per heavy atom. The van der Waals surface area contributed by atoms with Crippen molar-refractivity contribution in [2.45, 2.75) is 37.9 Å². The van der Waals surface area contributed by atoms with Gasteiger partial charge in [-0.2, -0.15) is 0 Å². The minimum Gasteiger partial charge on any atom is -0.490 e. The van der Waals surface area contributed by atoms with Crippen LogP contribution in [0.5, 0.6) is 5.75 Å². The van der Waals surface area contributed by atoms with Crippen molar-refractivity contribution in [3.8, 4) is 5.75 Å². The van der Waals surface area contributed by atoms with Crippen molar-refractivity contribution in [2.75, 3.05) is 19.8 Å². The first-order valence-electron chi connectivity index (χ1n) is 12.3. The third-order valence-corrected chi connectivity index (χ3v) is 6.75. The van der Waals surface area contributed by atoms with Crippen molar-refractivity contribution < 1.29 is 33.0 Å². The van der Waals surface area contributed by atoms with Gasteiger partial charge in [0.2, 0.25) is 0 Å². The second kappa shape index (κ2) is 10.7. The molecular formula is C27H26FN3O7. The second-order valence-corrected chi connectivity index (χ2v) is 9.45. The topological polar surface area (TPSA) is 134 Å². The van der Waals surface area contributed by atoms with Gasteiger partial charge < -0.3 is 19.0 Å². The number of Topliss-reactive ketones (excluding diaryl/α,β-unsaturated/α-hetero) is 1. The van der Waals surface area contributed by atoms with Crippen LogP contribution in [0.2, 0.25) is 0 Å². The quantitative estimate of drug-likeness (QED) is 0.308. The zero-order chi connectivity index (χ0) is 26.7. The summed E-state index contributed by atoms with van der Waals surface area (Å²) in [5.41, 5.74) is -0.950. The summed E-state index contributed by atoms with van der Waals surface area (Å²) < 4.78 is 32.4. The van der Waals surface area contributed by atoms with Gasteiger partial charge in [0.1, 0.15) is 29.1 Å². The Hall–Kier alpha value is -4.12. The maximum Gasteiger partial charge on any atom is 0.307 e. The molecule has 0 bridgehead atoms. The summed E-state index contributed by atoms with van der Waals surface area (Å²) in [5, 5.41) is 18.5. The number of hydrogen-bond donors (Lipinski definition) is 1. The summed E-state index contributed by atoms with van der Waals surface area (Å²) in [6, 6.07) is 13.2. The van der Waals surface area contributed by atoms with Gasteiger partial charge in [-0.05, 0) is 42.8 Å². The fourth-order valence-corrected chi connectivity index (χ4v) is 4.43. The molecule has 2 aromatic carbocycles. The number of halogens is 1. The lowest BCUT2D eigenvalue weighted by molar-refractivity contribution is -0.142. The highest BCUT2D eigenvalue weighted by atomic mass is 19.1. The van der Waals surface area contributed by atoms with Crippen LogP contribution in [0.15, 0.2) is 57.7 Å². The van der Waals surface area contributed by atoms with E-state index in [1.807, 2.05) is 0 Å². The first kappa shape index (κ1) is 25.5. The Morgan fingerprint density at radius 3 is 2.74 bits per heavy atom. The number of alkyl halides is 1. The molecule has 1 fully saturated rings. The van der Waals surface area contributed by atoms with Crippen molar-refractivity contribution in [1.29, 1.82) is 0 Å². The van der Waals surface area contributed by atoms with Gasteiger partial charge in [0.05, 0.1) is 11.3 Å². The maximum atomic E-state index is 14.8. The first-order valence-corrected chi connectivity index (χ1v) is 12.3. The first-order chi connectivity index (χ1) is 18.3. The Bertz CT molecular complexity index is 1540. The van der Waals surface area contributed by atoms with Crippen LogP contribution in [0, 0.1) is 5.92 Å². The van der Waals surface area contributed by atoms with Crippen LogP contribution < -0.4 is 10.3 Å². The second-order valence-electron chi connectivity index (χ2n) is 9.45. The maximum absolute atomic E-state index is 14.8. The van der Waals surface area contributed by atoms with E-state index in [-0.39, 0.29) is 50.2 Å². The number of ether oxygens (including phenoxy) is 2. The number of carbonyl (C=O) groups excluding carboxylic acids is 1. The number of aromatic nitrogens is 3. The van der Waals surface area contributed by atoms with E-state index in [9.17, 15) is 23.9 Å². The monoisotopic (exact) mass is 523 g/mol. The molecule has 0 saturated carbocycles. The number of benzene rings is 2. The number of aliphatic carboxylic acids is 1. The van der Waals surface area contributed by atoms with Crippen LogP contribution >= 0.6 is 0 Å². The summed E-state index contributed by atoms with van der Waals surface area (Å²) in [4.78, 5) is 37.4. The zero-order valence-corrected chi connectivity index (χ0v) is 20.5. The van der Waals surface area contributed by atoms with Crippen molar-refractivity contribution in [1.82, 2.24) is 15.0 Å². The van der Waals surface area contributed by atoms with Gasteiger partial charge in [-0.25, -0.2) is 9.07 Å². The highest BCUT2D eigenvalue weighted by Gasteiger charge is 2.33. The summed E-state index contributed by atoms with van der Waals surface area (Å²) >= 11 is 0. The average Bonchev–Trinajstić information content (AvgIpc) is 3.35. The standard InChI is InChI=1S/C27H26FN3O7/c28-27(8-11-36-12-9-27)16-37-19-5-6-23-18(13-19)15-24(38-23)22(32)14-17(26(34)35)7-10-31-25(33)20-3-1-2-4-21(20)29-30-31/h1-6,13,15,17H,7-12,14,16H2,(H,34,35). The number of nitrogens with zero attached hydrogens (tertiary/aromatic N) is 3.